The fourth-order valence-electron chi connectivity index (χ4n) is 1.68. The second-order valence-corrected chi connectivity index (χ2v) is 3.51. The van der Waals surface area contributed by atoms with E-state index in [1.165, 1.54) is 0 Å². The summed E-state index contributed by atoms with van der Waals surface area (Å²) in [4.78, 5) is 15.6. The van der Waals surface area contributed by atoms with Crippen LogP contribution in [0.4, 0.5) is 0 Å². The van der Waals surface area contributed by atoms with E-state index in [-0.39, 0.29) is 5.69 Å². The fourth-order valence-corrected chi connectivity index (χ4v) is 1.68. The van der Waals surface area contributed by atoms with E-state index in [9.17, 15) is 9.90 Å². The van der Waals surface area contributed by atoms with Gasteiger partial charge in [0.15, 0.2) is 5.69 Å². The van der Waals surface area contributed by atoms with Crippen LogP contribution in [0.15, 0.2) is 38.0 Å². The molecule has 1 N–H and O–H groups in total. The smallest absolute Gasteiger partial charge is 0.354 e. The van der Waals surface area contributed by atoms with Crippen molar-refractivity contribution in [3.05, 3.63) is 55.2 Å². The molecule has 4 nitrogen and oxygen atoms in total. The minimum absolute atomic E-state index is 0.210. The summed E-state index contributed by atoms with van der Waals surface area (Å²) in [6, 6.07) is 0. The van der Waals surface area contributed by atoms with Gasteiger partial charge in [0.2, 0.25) is 0 Å². The zero-order chi connectivity index (χ0) is 12.8. The number of nitrogens with zero attached hydrogens (tertiary/aromatic N) is 2. The number of allylic oxidation sites excluding steroid dienone is 3. The molecule has 0 unspecified atom stereocenters. The van der Waals surface area contributed by atoms with Crippen molar-refractivity contribution in [2.75, 3.05) is 0 Å². The molecular weight excluding hydrogens is 216 g/mol. The van der Waals surface area contributed by atoms with Crippen LogP contribution in [0.3, 0.4) is 0 Å². The molecule has 0 fully saturated rings. The summed E-state index contributed by atoms with van der Waals surface area (Å²) in [6.07, 6.45) is 5.97. The number of imidazole rings is 1. The quantitative estimate of drug-likeness (QED) is 0.733. The summed E-state index contributed by atoms with van der Waals surface area (Å²) in [6.45, 7) is 11.3. The Bertz CT molecular complexity index is 458. The van der Waals surface area contributed by atoms with Crippen LogP contribution in [0.25, 0.3) is 0 Å². The molecule has 1 heterocycles. The number of aromatic nitrogens is 2. The van der Waals surface area contributed by atoms with Crippen molar-refractivity contribution in [2.24, 2.45) is 0 Å². The van der Waals surface area contributed by atoms with E-state index in [0.29, 0.717) is 30.9 Å². The lowest BCUT2D eigenvalue weighted by molar-refractivity contribution is 0.0684. The van der Waals surface area contributed by atoms with Gasteiger partial charge in [-0.1, -0.05) is 18.2 Å². The summed E-state index contributed by atoms with van der Waals surface area (Å²) in [5, 5.41) is 9.23. The van der Waals surface area contributed by atoms with E-state index in [1.54, 1.807) is 22.8 Å². The first kappa shape index (κ1) is 13.0. The lowest BCUT2D eigenvalue weighted by Gasteiger charge is -2.05. The molecular formula is C13H16N2O2. The highest BCUT2D eigenvalue weighted by molar-refractivity contribution is 5.87. The molecule has 0 saturated heterocycles. The molecule has 0 aliphatic heterocycles. The molecule has 4 heteroatoms. The third kappa shape index (κ3) is 2.72. The second kappa shape index (κ2) is 5.84. The van der Waals surface area contributed by atoms with Gasteiger partial charge in [0.05, 0.1) is 5.69 Å². The van der Waals surface area contributed by atoms with E-state index >= 15 is 0 Å². The molecule has 0 aliphatic carbocycles. The molecule has 1 aromatic rings. The van der Waals surface area contributed by atoms with Crippen molar-refractivity contribution < 1.29 is 9.90 Å². The molecule has 17 heavy (non-hydrogen) atoms. The van der Waals surface area contributed by atoms with Crippen LogP contribution in [0, 0.1) is 0 Å². The Morgan fingerprint density at radius 3 is 2.35 bits per heavy atom. The first-order chi connectivity index (χ1) is 8.15. The molecule has 0 amide bonds. The summed E-state index contributed by atoms with van der Waals surface area (Å²) in [5.74, 6) is -0.291. The van der Waals surface area contributed by atoms with Crippen molar-refractivity contribution in [1.82, 2.24) is 9.55 Å². The average Bonchev–Trinajstić information content (AvgIpc) is 2.58. The third-order valence-corrected chi connectivity index (χ3v) is 2.30. The Morgan fingerprint density at radius 2 is 1.88 bits per heavy atom. The van der Waals surface area contributed by atoms with E-state index in [4.69, 9.17) is 0 Å². The number of aromatic carboxylic acids is 1. The Kier molecular flexibility index (Phi) is 4.46. The topological polar surface area (TPSA) is 55.1 Å². The van der Waals surface area contributed by atoms with Crippen molar-refractivity contribution in [3.63, 3.8) is 0 Å². The number of rotatable bonds is 7. The molecule has 1 rings (SSSR count). The standard InChI is InChI=1S/C13H16N2O2/c1-4-7-10-12(13(16)17)15(9-6-3)11(14-10)8-5-2/h4-6H,1-3,7-9H2,(H,16,17). The summed E-state index contributed by atoms with van der Waals surface area (Å²) >= 11 is 0. The number of carbonyl (C=O) groups is 1. The van der Waals surface area contributed by atoms with Crippen molar-refractivity contribution in [3.8, 4) is 0 Å². The highest BCUT2D eigenvalue weighted by atomic mass is 16.4. The molecule has 0 aromatic carbocycles. The zero-order valence-electron chi connectivity index (χ0n) is 9.72. The Hall–Kier alpha value is -2.10. The molecule has 90 valence electrons. The van der Waals surface area contributed by atoms with Gasteiger partial charge in [-0.05, 0) is 0 Å². The molecule has 1 aromatic heterocycles. The number of carboxylic acids is 1. The minimum Gasteiger partial charge on any atom is -0.477 e. The largest absolute Gasteiger partial charge is 0.477 e. The van der Waals surface area contributed by atoms with Gasteiger partial charge in [0, 0.05) is 19.4 Å². The number of hydrogen-bond donors (Lipinski definition) is 1. The predicted molar refractivity (Wildman–Crippen MR) is 67.2 cm³/mol. The number of carboxylic acid groups (broad SMARTS) is 1. The maximum Gasteiger partial charge on any atom is 0.354 e. The fraction of sp³-hybridized carbons (Fsp3) is 0.231. The molecule has 0 saturated carbocycles. The molecule has 0 bridgehead atoms. The lowest BCUT2D eigenvalue weighted by Crippen LogP contribution is -2.11. The summed E-state index contributed by atoms with van der Waals surface area (Å²) in [5.41, 5.74) is 0.743. The highest BCUT2D eigenvalue weighted by Gasteiger charge is 2.20. The van der Waals surface area contributed by atoms with E-state index in [0.717, 1.165) is 0 Å². The van der Waals surface area contributed by atoms with Gasteiger partial charge in [0.25, 0.3) is 0 Å². The lowest BCUT2D eigenvalue weighted by atomic mass is 10.2. The van der Waals surface area contributed by atoms with Gasteiger partial charge in [-0.25, -0.2) is 9.78 Å². The predicted octanol–water partition coefficient (Wildman–Crippen LogP) is 2.22. The van der Waals surface area contributed by atoms with Gasteiger partial charge in [0.1, 0.15) is 5.82 Å². The van der Waals surface area contributed by atoms with Crippen LogP contribution >= 0.6 is 0 Å². The van der Waals surface area contributed by atoms with Crippen LogP contribution < -0.4 is 0 Å². The first-order valence-corrected chi connectivity index (χ1v) is 5.29. The first-order valence-electron chi connectivity index (χ1n) is 5.29. The normalized spacial score (nSPS) is 9.88. The highest BCUT2D eigenvalue weighted by Crippen LogP contribution is 2.15. The summed E-state index contributed by atoms with van der Waals surface area (Å²) in [7, 11) is 0. The third-order valence-electron chi connectivity index (χ3n) is 2.30. The van der Waals surface area contributed by atoms with Crippen LogP contribution in [0.2, 0.25) is 0 Å². The van der Waals surface area contributed by atoms with Gasteiger partial charge in [-0.3, -0.25) is 0 Å². The maximum atomic E-state index is 11.3. The Balaban J connectivity index is 3.35. The van der Waals surface area contributed by atoms with Crippen molar-refractivity contribution >= 4 is 5.97 Å². The van der Waals surface area contributed by atoms with Crippen molar-refractivity contribution in [1.29, 1.82) is 0 Å². The minimum atomic E-state index is -0.980. The van der Waals surface area contributed by atoms with Gasteiger partial charge < -0.3 is 9.67 Å². The Labute approximate surface area is 101 Å². The van der Waals surface area contributed by atoms with Gasteiger partial charge in [-0.15, -0.1) is 19.7 Å². The maximum absolute atomic E-state index is 11.3. The SMILES string of the molecule is C=CCc1nc(CC=C)n(CC=C)c1C(=O)O. The van der Waals surface area contributed by atoms with Gasteiger partial charge in [-0.2, -0.15) is 0 Å². The Morgan fingerprint density at radius 1 is 1.24 bits per heavy atom. The van der Waals surface area contributed by atoms with Crippen LogP contribution in [-0.2, 0) is 19.4 Å². The van der Waals surface area contributed by atoms with E-state index in [1.807, 2.05) is 0 Å². The van der Waals surface area contributed by atoms with Gasteiger partial charge >= 0.3 is 5.97 Å². The zero-order valence-corrected chi connectivity index (χ0v) is 9.72. The number of hydrogen-bond acceptors (Lipinski definition) is 2. The van der Waals surface area contributed by atoms with Crippen LogP contribution in [0.5, 0.6) is 0 Å². The van der Waals surface area contributed by atoms with Crippen molar-refractivity contribution in [2.45, 2.75) is 19.4 Å². The summed E-state index contributed by atoms with van der Waals surface area (Å²) < 4.78 is 1.65. The molecule has 0 aliphatic rings. The molecule has 0 spiro atoms. The molecule has 0 atom stereocenters. The van der Waals surface area contributed by atoms with Crippen LogP contribution in [0.1, 0.15) is 22.0 Å². The van der Waals surface area contributed by atoms with E-state index in [2.05, 4.69) is 24.7 Å². The van der Waals surface area contributed by atoms with E-state index < -0.39 is 5.97 Å². The average molecular weight is 232 g/mol. The second-order valence-electron chi connectivity index (χ2n) is 3.51. The monoisotopic (exact) mass is 232 g/mol. The molecule has 0 radical (unpaired) electrons. The van der Waals surface area contributed by atoms with Crippen LogP contribution in [-0.4, -0.2) is 20.6 Å².